The topological polar surface area (TPSA) is 98.5 Å². The molecule has 2 aliphatic rings. The molecule has 2 N–H and O–H groups in total. The number of hydrogen-bond donors (Lipinski definition) is 2. The van der Waals surface area contributed by atoms with E-state index in [9.17, 15) is 9.90 Å². The molecule has 2 atom stereocenters. The number of urea groups is 1. The lowest BCUT2D eigenvalue weighted by atomic mass is 10.1. The molecule has 0 spiro atoms. The summed E-state index contributed by atoms with van der Waals surface area (Å²) in [4.78, 5) is 17.7. The number of pyridine rings is 1. The second kappa shape index (κ2) is 6.89. The van der Waals surface area contributed by atoms with E-state index in [1.165, 1.54) is 11.1 Å². The zero-order valence-electron chi connectivity index (χ0n) is 14.9. The lowest BCUT2D eigenvalue weighted by molar-refractivity contribution is 0.159. The van der Waals surface area contributed by atoms with Crippen molar-refractivity contribution >= 4 is 11.7 Å². The molecule has 7 nitrogen and oxygen atoms in total. The number of nitriles is 1. The van der Waals surface area contributed by atoms with Crippen LogP contribution in [0, 0.1) is 11.3 Å². The molecule has 1 aromatic carbocycles. The van der Waals surface area contributed by atoms with Crippen LogP contribution in [-0.4, -0.2) is 28.4 Å². The smallest absolute Gasteiger partial charge is 0.324 e. The standard InChI is InChI=1S/C20H20N4O3/c1-2-16-19(25)24(20(26)23-16)14-6-8-18(22-11-14)27-17-7-3-12(10-21)9-15(17)13-4-5-13/h3,6-9,11,13,16,19,25H,2,4-5H2,1H3,(H,23,26)/t16-,19?/m1/s1. The second-order valence-electron chi connectivity index (χ2n) is 6.84. The van der Waals surface area contributed by atoms with E-state index in [-0.39, 0.29) is 12.1 Å². The Morgan fingerprint density at radius 2 is 2.19 bits per heavy atom. The predicted octanol–water partition coefficient (Wildman–Crippen LogP) is 3.25. The normalized spacial score (nSPS) is 21.7. The summed E-state index contributed by atoms with van der Waals surface area (Å²) in [6.45, 7) is 1.90. The zero-order chi connectivity index (χ0) is 19.0. The van der Waals surface area contributed by atoms with Gasteiger partial charge in [0.1, 0.15) is 5.75 Å². The number of ether oxygens (including phenoxy) is 1. The van der Waals surface area contributed by atoms with E-state index in [1.807, 2.05) is 13.0 Å². The number of aliphatic hydroxyl groups is 1. The van der Waals surface area contributed by atoms with Crippen LogP contribution in [-0.2, 0) is 0 Å². The molecule has 4 rings (SSSR count). The van der Waals surface area contributed by atoms with Gasteiger partial charge in [0.2, 0.25) is 5.88 Å². The van der Waals surface area contributed by atoms with Crippen LogP contribution in [0.4, 0.5) is 10.5 Å². The van der Waals surface area contributed by atoms with Crippen LogP contribution in [0.2, 0.25) is 0 Å². The first-order chi connectivity index (χ1) is 13.1. The number of amides is 2. The molecular formula is C20H20N4O3. The van der Waals surface area contributed by atoms with Gasteiger partial charge in [-0.15, -0.1) is 0 Å². The molecule has 2 fully saturated rings. The molecular weight excluding hydrogens is 344 g/mol. The maximum Gasteiger partial charge on any atom is 0.324 e. The molecule has 0 bridgehead atoms. The Labute approximate surface area is 157 Å². The summed E-state index contributed by atoms with van der Waals surface area (Å²) in [6.07, 6.45) is 3.42. The van der Waals surface area contributed by atoms with E-state index in [0.717, 1.165) is 18.4 Å². The Morgan fingerprint density at radius 1 is 1.37 bits per heavy atom. The highest BCUT2D eigenvalue weighted by molar-refractivity contribution is 5.94. The van der Waals surface area contributed by atoms with Crippen LogP contribution in [0.5, 0.6) is 11.6 Å². The zero-order valence-corrected chi connectivity index (χ0v) is 14.9. The van der Waals surface area contributed by atoms with Crippen molar-refractivity contribution in [3.63, 3.8) is 0 Å². The fourth-order valence-corrected chi connectivity index (χ4v) is 3.30. The molecule has 1 aliphatic heterocycles. The molecule has 27 heavy (non-hydrogen) atoms. The Bertz CT molecular complexity index is 902. The molecule has 0 radical (unpaired) electrons. The van der Waals surface area contributed by atoms with Gasteiger partial charge in [-0.3, -0.25) is 4.90 Å². The Morgan fingerprint density at radius 3 is 2.78 bits per heavy atom. The summed E-state index contributed by atoms with van der Waals surface area (Å²) in [7, 11) is 0. The number of hydrogen-bond acceptors (Lipinski definition) is 5. The highest BCUT2D eigenvalue weighted by Crippen LogP contribution is 2.45. The van der Waals surface area contributed by atoms with E-state index < -0.39 is 6.23 Å². The van der Waals surface area contributed by atoms with Crippen LogP contribution >= 0.6 is 0 Å². The Kier molecular flexibility index (Phi) is 4.42. The third kappa shape index (κ3) is 3.32. The largest absolute Gasteiger partial charge is 0.439 e. The highest BCUT2D eigenvalue weighted by atomic mass is 16.5. The van der Waals surface area contributed by atoms with Gasteiger partial charge in [0, 0.05) is 6.07 Å². The number of nitrogens with zero attached hydrogens (tertiary/aromatic N) is 3. The summed E-state index contributed by atoms with van der Waals surface area (Å²) in [5.74, 6) is 1.52. The first-order valence-corrected chi connectivity index (χ1v) is 9.06. The molecule has 1 saturated heterocycles. The van der Waals surface area contributed by atoms with Gasteiger partial charge in [0.05, 0.1) is 29.6 Å². The molecule has 2 heterocycles. The average molecular weight is 364 g/mol. The van der Waals surface area contributed by atoms with Crippen molar-refractivity contribution in [1.29, 1.82) is 5.26 Å². The maximum absolute atomic E-state index is 12.1. The first kappa shape index (κ1) is 17.3. The molecule has 138 valence electrons. The van der Waals surface area contributed by atoms with Crippen LogP contribution in [0.3, 0.4) is 0 Å². The van der Waals surface area contributed by atoms with Crippen molar-refractivity contribution in [2.75, 3.05) is 4.90 Å². The van der Waals surface area contributed by atoms with Gasteiger partial charge in [-0.25, -0.2) is 9.78 Å². The van der Waals surface area contributed by atoms with Gasteiger partial charge < -0.3 is 15.2 Å². The number of anilines is 1. The summed E-state index contributed by atoms with van der Waals surface area (Å²) >= 11 is 0. The molecule has 2 amide bonds. The van der Waals surface area contributed by atoms with Crippen LogP contribution in [0.15, 0.2) is 36.5 Å². The van der Waals surface area contributed by atoms with Crippen molar-refractivity contribution < 1.29 is 14.6 Å². The lowest BCUT2D eigenvalue weighted by Crippen LogP contribution is -2.36. The summed E-state index contributed by atoms with van der Waals surface area (Å²) in [5, 5.41) is 22.1. The van der Waals surface area contributed by atoms with Crippen molar-refractivity contribution in [3.05, 3.63) is 47.7 Å². The fourth-order valence-electron chi connectivity index (χ4n) is 3.30. The fraction of sp³-hybridized carbons (Fsp3) is 0.350. The number of carbonyl (C=O) groups excluding carboxylic acids is 1. The van der Waals surface area contributed by atoms with Gasteiger partial charge in [0.25, 0.3) is 0 Å². The third-order valence-electron chi connectivity index (χ3n) is 4.96. The van der Waals surface area contributed by atoms with Crippen LogP contribution in [0.25, 0.3) is 0 Å². The third-order valence-corrected chi connectivity index (χ3v) is 4.96. The van der Waals surface area contributed by atoms with Gasteiger partial charge in [0.15, 0.2) is 6.23 Å². The van der Waals surface area contributed by atoms with Gasteiger partial charge in [-0.2, -0.15) is 5.26 Å². The molecule has 1 aromatic heterocycles. The van der Waals surface area contributed by atoms with Gasteiger partial charge >= 0.3 is 6.03 Å². The van der Waals surface area contributed by atoms with Crippen molar-refractivity contribution in [2.45, 2.75) is 44.4 Å². The molecule has 1 saturated carbocycles. The number of aliphatic hydroxyl groups excluding tert-OH is 1. The minimum atomic E-state index is -0.920. The van der Waals surface area contributed by atoms with Gasteiger partial charge in [-0.05, 0) is 55.0 Å². The monoisotopic (exact) mass is 364 g/mol. The number of aromatic nitrogens is 1. The van der Waals surface area contributed by atoms with E-state index in [2.05, 4.69) is 16.4 Å². The lowest BCUT2D eigenvalue weighted by Gasteiger charge is -2.20. The average Bonchev–Trinajstić information content (AvgIpc) is 3.48. The van der Waals surface area contributed by atoms with Gasteiger partial charge in [-0.1, -0.05) is 6.92 Å². The van der Waals surface area contributed by atoms with E-state index in [1.54, 1.807) is 24.3 Å². The Hall–Kier alpha value is -3.11. The number of carbonyl (C=O) groups is 1. The highest BCUT2D eigenvalue weighted by Gasteiger charge is 2.38. The maximum atomic E-state index is 12.1. The van der Waals surface area contributed by atoms with Crippen LogP contribution < -0.4 is 15.0 Å². The van der Waals surface area contributed by atoms with E-state index >= 15 is 0 Å². The van der Waals surface area contributed by atoms with Crippen LogP contribution in [0.1, 0.15) is 43.2 Å². The van der Waals surface area contributed by atoms with Crippen molar-refractivity contribution in [1.82, 2.24) is 10.3 Å². The predicted molar refractivity (Wildman–Crippen MR) is 98.5 cm³/mol. The van der Waals surface area contributed by atoms with E-state index in [0.29, 0.717) is 35.2 Å². The van der Waals surface area contributed by atoms with E-state index in [4.69, 9.17) is 10.00 Å². The number of benzene rings is 1. The minimum Gasteiger partial charge on any atom is -0.439 e. The SMILES string of the molecule is CC[C@H]1NC(=O)N(c2ccc(Oc3ccc(C#N)cc3C3CC3)nc2)C1O. The van der Waals surface area contributed by atoms with Crippen molar-refractivity contribution in [3.8, 4) is 17.7 Å². The first-order valence-electron chi connectivity index (χ1n) is 9.06. The van der Waals surface area contributed by atoms with Crippen molar-refractivity contribution in [2.24, 2.45) is 0 Å². The Balaban J connectivity index is 1.54. The number of rotatable bonds is 5. The molecule has 7 heteroatoms. The second-order valence-corrected chi connectivity index (χ2v) is 6.84. The summed E-state index contributed by atoms with van der Waals surface area (Å²) in [5.41, 5.74) is 2.15. The molecule has 1 unspecified atom stereocenters. The quantitative estimate of drug-likeness (QED) is 0.848. The minimum absolute atomic E-state index is 0.298. The molecule has 2 aromatic rings. The molecule has 1 aliphatic carbocycles. The summed E-state index contributed by atoms with van der Waals surface area (Å²) in [6, 6.07) is 10.3. The number of nitrogens with one attached hydrogen (secondary N) is 1. The summed E-state index contributed by atoms with van der Waals surface area (Å²) < 4.78 is 5.92.